The lowest BCUT2D eigenvalue weighted by atomic mass is 9.29. The molecule has 4 aliphatic rings. The van der Waals surface area contributed by atoms with Crippen LogP contribution in [0.5, 0.6) is 0 Å². The van der Waals surface area contributed by atoms with E-state index in [2.05, 4.69) is 0 Å². The van der Waals surface area contributed by atoms with Crippen molar-refractivity contribution >= 4 is 0 Å². The van der Waals surface area contributed by atoms with Gasteiger partial charge >= 0.3 is 59.7 Å². The fourth-order valence-electron chi connectivity index (χ4n) is 5.59. The predicted octanol–water partition coefficient (Wildman–Crippen LogP) is 7.19. The van der Waals surface area contributed by atoms with Crippen LogP contribution in [0, 0.1) is 16.2 Å². The van der Waals surface area contributed by atoms with Gasteiger partial charge in [0.2, 0.25) is 0 Å². The highest BCUT2D eigenvalue weighted by molar-refractivity contribution is 5.52. The van der Waals surface area contributed by atoms with E-state index in [0.29, 0.717) is 0 Å². The first-order chi connectivity index (χ1) is 14.8. The van der Waals surface area contributed by atoms with E-state index in [4.69, 9.17) is 0 Å². The maximum absolute atomic E-state index is 14.8. The molecule has 0 aromatic heterocycles. The highest BCUT2D eigenvalue weighted by Gasteiger charge is 3.28. The second kappa shape index (κ2) is 5.50. The Kier molecular flexibility index (Phi) is 4.40. The van der Waals surface area contributed by atoms with Crippen molar-refractivity contribution in [1.82, 2.24) is 0 Å². The Morgan fingerprint density at radius 1 is 0.257 bits per heavy atom. The quantitative estimate of drug-likeness (QED) is 0.269. The SMILES string of the molecule is FC(F)(F)C12C(F)(F)C3(F)C(F)(F)C(C(F)(F)F)(C1(F)F)C(F)(F)C(C(F)(F)F)(C3(F)F)C2(F)F. The zero-order chi connectivity index (χ0) is 28.5. The van der Waals surface area contributed by atoms with Gasteiger partial charge in [-0.25, -0.2) is 57.1 Å². The lowest BCUT2D eigenvalue weighted by molar-refractivity contribution is -0.680. The Labute approximate surface area is 174 Å². The Morgan fingerprint density at radius 3 is 0.514 bits per heavy atom. The second-order valence-corrected chi connectivity index (χ2v) is 7.85. The number of halogens is 22. The van der Waals surface area contributed by atoms with Gasteiger partial charge in [-0.2, -0.15) is 39.5 Å². The average Bonchev–Trinajstić information content (AvgIpc) is 2.43. The first-order valence-electron chi connectivity index (χ1n) is 7.91. The van der Waals surface area contributed by atoms with Crippen LogP contribution < -0.4 is 0 Å². The molecule has 0 atom stereocenters. The van der Waals surface area contributed by atoms with E-state index in [-0.39, 0.29) is 0 Å². The molecule has 4 rings (SSSR count). The van der Waals surface area contributed by atoms with Gasteiger partial charge in [0.05, 0.1) is 0 Å². The maximum atomic E-state index is 14.8. The molecular weight excluding hydrogens is 574 g/mol. The Morgan fingerprint density at radius 2 is 0.400 bits per heavy atom. The number of hydrogen-bond acceptors (Lipinski definition) is 0. The molecule has 4 bridgehead atoms. The van der Waals surface area contributed by atoms with Crippen molar-refractivity contribution in [2.24, 2.45) is 16.2 Å². The molecule has 0 aromatic rings. The first-order valence-corrected chi connectivity index (χ1v) is 7.91. The minimum absolute atomic E-state index is 8.86. The molecule has 0 amide bonds. The van der Waals surface area contributed by atoms with Crippen LogP contribution in [0.1, 0.15) is 0 Å². The van der Waals surface area contributed by atoms with Gasteiger partial charge < -0.3 is 0 Å². The molecule has 0 saturated heterocycles. The Bertz CT molecular complexity index is 814. The molecule has 206 valence electrons. The third kappa shape index (κ3) is 1.69. The highest BCUT2D eigenvalue weighted by atomic mass is 19.4. The molecule has 0 spiro atoms. The minimum atomic E-state index is -9.24. The third-order valence-corrected chi connectivity index (χ3v) is 6.81. The Balaban J connectivity index is 3.00. The average molecular weight is 574 g/mol. The monoisotopic (exact) mass is 574 g/mol. The highest BCUT2D eigenvalue weighted by Crippen LogP contribution is 2.98. The molecule has 35 heavy (non-hydrogen) atoms. The minimum Gasteiger partial charge on any atom is -0.223 e. The van der Waals surface area contributed by atoms with Crippen LogP contribution in [0.15, 0.2) is 0 Å². The molecule has 0 aliphatic heterocycles. The van der Waals surface area contributed by atoms with E-state index >= 15 is 0 Å². The predicted molar refractivity (Wildman–Crippen MR) is 59.0 cm³/mol. The van der Waals surface area contributed by atoms with E-state index in [0.717, 1.165) is 0 Å². The van der Waals surface area contributed by atoms with Crippen LogP contribution in [0.3, 0.4) is 0 Å². The first kappa shape index (κ1) is 28.0. The van der Waals surface area contributed by atoms with Gasteiger partial charge in [0, 0.05) is 0 Å². The van der Waals surface area contributed by atoms with E-state index in [1.165, 1.54) is 0 Å². The summed E-state index contributed by atoms with van der Waals surface area (Å²) in [5.74, 6) is -54.8. The summed E-state index contributed by atoms with van der Waals surface area (Å²) in [4.78, 5) is 0. The van der Waals surface area contributed by atoms with Crippen molar-refractivity contribution in [1.29, 1.82) is 0 Å². The normalized spacial score (nSPS) is 44.4. The van der Waals surface area contributed by atoms with Crippen LogP contribution >= 0.6 is 0 Å². The van der Waals surface area contributed by atoms with Crippen LogP contribution in [-0.2, 0) is 0 Å². The molecule has 22 heteroatoms. The summed E-state index contributed by atoms with van der Waals surface area (Å²) >= 11 is 0. The van der Waals surface area contributed by atoms with E-state index in [1.54, 1.807) is 0 Å². The van der Waals surface area contributed by atoms with Gasteiger partial charge in [0.25, 0.3) is 16.2 Å². The molecule has 0 unspecified atom stereocenters. The number of rotatable bonds is 0. The summed E-state index contributed by atoms with van der Waals surface area (Å²) in [7, 11) is 0. The lowest BCUT2D eigenvalue weighted by Gasteiger charge is -2.78. The van der Waals surface area contributed by atoms with Crippen molar-refractivity contribution in [3.8, 4) is 0 Å². The molecule has 0 heterocycles. The maximum Gasteiger partial charge on any atom is 0.412 e. The summed E-state index contributed by atoms with van der Waals surface area (Å²) in [5.41, 5.74) is -36.5. The lowest BCUT2D eigenvalue weighted by Crippen LogP contribution is -3.09. The zero-order valence-corrected chi connectivity index (χ0v) is 14.8. The number of alkyl halides is 22. The fourth-order valence-corrected chi connectivity index (χ4v) is 5.59. The Hall–Kier alpha value is -1.54. The van der Waals surface area contributed by atoms with Gasteiger partial charge in [-0.05, 0) is 0 Å². The van der Waals surface area contributed by atoms with Gasteiger partial charge in [-0.3, -0.25) is 0 Å². The van der Waals surface area contributed by atoms with Crippen molar-refractivity contribution in [3.05, 3.63) is 0 Å². The van der Waals surface area contributed by atoms with Crippen LogP contribution in [0.2, 0.25) is 0 Å². The molecule has 4 fully saturated rings. The third-order valence-electron chi connectivity index (χ3n) is 6.81. The van der Waals surface area contributed by atoms with Crippen molar-refractivity contribution < 1.29 is 96.6 Å². The summed E-state index contributed by atoms with van der Waals surface area (Å²) in [5, 5.41) is 0. The van der Waals surface area contributed by atoms with Crippen LogP contribution in [-0.4, -0.2) is 59.7 Å². The summed E-state index contributed by atoms with van der Waals surface area (Å²) in [6.07, 6.45) is -26.6. The van der Waals surface area contributed by atoms with E-state index in [9.17, 15) is 96.6 Å². The van der Waals surface area contributed by atoms with Crippen LogP contribution in [0.25, 0.3) is 0 Å². The van der Waals surface area contributed by atoms with E-state index < -0.39 is 76.0 Å². The molecule has 4 aliphatic carbocycles. The summed E-state index contributed by atoms with van der Waals surface area (Å²) in [6.45, 7) is 0. The summed E-state index contributed by atoms with van der Waals surface area (Å²) in [6, 6.07) is 0. The van der Waals surface area contributed by atoms with Gasteiger partial charge in [-0.1, -0.05) is 0 Å². The smallest absolute Gasteiger partial charge is 0.223 e. The van der Waals surface area contributed by atoms with Gasteiger partial charge in [0.1, 0.15) is 0 Å². The standard InChI is InChI=1S/C13F22/c14-4-8(21,22)1(11(27,28)29)5(15,16)2(9(4,23)24,12(30,31)32)7(19,20)3(6(1,17)18,10(4,25)26)13(33,34)35. The van der Waals surface area contributed by atoms with Gasteiger partial charge in [-0.15, -0.1) is 0 Å². The van der Waals surface area contributed by atoms with Crippen molar-refractivity contribution in [2.45, 2.75) is 59.7 Å². The molecule has 4 saturated carbocycles. The number of hydrogen-bond donors (Lipinski definition) is 0. The summed E-state index contributed by atoms with van der Waals surface area (Å²) < 4.78 is 310. The molecule has 0 radical (unpaired) electrons. The van der Waals surface area contributed by atoms with Crippen molar-refractivity contribution in [2.75, 3.05) is 0 Å². The van der Waals surface area contributed by atoms with Crippen molar-refractivity contribution in [3.63, 3.8) is 0 Å². The largest absolute Gasteiger partial charge is 0.412 e. The molecule has 0 N–H and O–H groups in total. The van der Waals surface area contributed by atoms with Crippen LogP contribution in [0.4, 0.5) is 96.6 Å². The molecule has 0 nitrogen and oxygen atoms in total. The van der Waals surface area contributed by atoms with Gasteiger partial charge in [0.15, 0.2) is 0 Å². The second-order valence-electron chi connectivity index (χ2n) is 7.85. The zero-order valence-electron chi connectivity index (χ0n) is 14.8. The van der Waals surface area contributed by atoms with E-state index in [1.807, 2.05) is 0 Å². The molecular formula is C13F22. The molecule has 0 aromatic carbocycles. The topological polar surface area (TPSA) is 0 Å². The fraction of sp³-hybridized carbons (Fsp3) is 1.00.